The van der Waals surface area contributed by atoms with E-state index in [0.29, 0.717) is 11.4 Å². The Morgan fingerprint density at radius 3 is 1.81 bits per heavy atom. The lowest BCUT2D eigenvalue weighted by Crippen LogP contribution is -2.32. The molecule has 1 heterocycles. The van der Waals surface area contributed by atoms with E-state index in [9.17, 15) is 9.59 Å². The van der Waals surface area contributed by atoms with Crippen molar-refractivity contribution in [2.45, 2.75) is 65.8 Å². The number of hydrogen-bond donors (Lipinski definition) is 5. The molecule has 10 heteroatoms. The van der Waals surface area contributed by atoms with Crippen molar-refractivity contribution in [1.82, 2.24) is 20.8 Å². The summed E-state index contributed by atoms with van der Waals surface area (Å²) in [7, 11) is 2.50. The zero-order chi connectivity index (χ0) is 21.7. The predicted octanol–water partition coefficient (Wildman–Crippen LogP) is 1.64. The molecule has 0 spiro atoms. The molecule has 0 aliphatic heterocycles. The molecule has 0 radical (unpaired) electrons. The minimum atomic E-state index is -0.543. The summed E-state index contributed by atoms with van der Waals surface area (Å²) in [4.78, 5) is 23.1. The van der Waals surface area contributed by atoms with E-state index in [1.807, 2.05) is 0 Å². The molecule has 0 fully saturated rings. The Morgan fingerprint density at radius 1 is 1.00 bits per heavy atom. The Labute approximate surface area is 161 Å². The Morgan fingerprint density at radius 2 is 1.41 bits per heavy atom. The van der Waals surface area contributed by atoms with Crippen LogP contribution in [0.4, 0.5) is 9.59 Å². The SMILES string of the molecule is CC(C)(C)OC(=O)NCc1cc(CNC(=O)OC(C)(C)C)[nH]n1.CN.CO. The molecule has 0 aliphatic rings. The average molecular weight is 389 g/mol. The van der Waals surface area contributed by atoms with Gasteiger partial charge in [-0.05, 0) is 54.7 Å². The van der Waals surface area contributed by atoms with Crippen LogP contribution in [0.3, 0.4) is 0 Å². The van der Waals surface area contributed by atoms with E-state index >= 15 is 0 Å². The number of carbonyl (C=O) groups is 2. The van der Waals surface area contributed by atoms with Crippen LogP contribution in [0.5, 0.6) is 0 Å². The topological polar surface area (TPSA) is 152 Å². The lowest BCUT2D eigenvalue weighted by molar-refractivity contribution is 0.0512. The highest BCUT2D eigenvalue weighted by Gasteiger charge is 2.17. The van der Waals surface area contributed by atoms with Crippen molar-refractivity contribution in [2.75, 3.05) is 14.2 Å². The van der Waals surface area contributed by atoms with Gasteiger partial charge in [0.25, 0.3) is 0 Å². The molecule has 0 saturated heterocycles. The zero-order valence-corrected chi connectivity index (χ0v) is 17.6. The number of rotatable bonds is 4. The van der Waals surface area contributed by atoms with Crippen molar-refractivity contribution in [3.8, 4) is 0 Å². The summed E-state index contributed by atoms with van der Waals surface area (Å²) in [6, 6.07) is 1.74. The second kappa shape index (κ2) is 12.9. The number of amides is 2. The van der Waals surface area contributed by atoms with Gasteiger partial charge in [0.1, 0.15) is 11.2 Å². The molecular formula is C17H35N5O5. The fraction of sp³-hybridized carbons (Fsp3) is 0.706. The van der Waals surface area contributed by atoms with Crippen molar-refractivity contribution >= 4 is 12.2 Å². The quantitative estimate of drug-likeness (QED) is 0.525. The number of aliphatic hydroxyl groups excluding tert-OH is 1. The van der Waals surface area contributed by atoms with E-state index in [1.54, 1.807) is 47.6 Å². The normalized spacial score (nSPS) is 10.4. The van der Waals surface area contributed by atoms with Crippen LogP contribution in [0.15, 0.2) is 6.07 Å². The lowest BCUT2D eigenvalue weighted by Gasteiger charge is -2.19. The number of carbonyl (C=O) groups excluding carboxylic acids is 2. The summed E-state index contributed by atoms with van der Waals surface area (Å²) in [5.41, 5.74) is 4.76. The summed E-state index contributed by atoms with van der Waals surface area (Å²) in [5.74, 6) is 0. The van der Waals surface area contributed by atoms with E-state index in [4.69, 9.17) is 14.6 Å². The van der Waals surface area contributed by atoms with Gasteiger partial charge in [0, 0.05) is 7.11 Å². The fourth-order valence-corrected chi connectivity index (χ4v) is 1.55. The number of nitrogens with two attached hydrogens (primary N) is 1. The smallest absolute Gasteiger partial charge is 0.407 e. The third kappa shape index (κ3) is 15.6. The van der Waals surface area contributed by atoms with Crippen LogP contribution in [0.2, 0.25) is 0 Å². The lowest BCUT2D eigenvalue weighted by atomic mass is 10.2. The van der Waals surface area contributed by atoms with Gasteiger partial charge in [0.2, 0.25) is 0 Å². The second-order valence-electron chi connectivity index (χ2n) is 7.10. The Balaban J connectivity index is 0. The van der Waals surface area contributed by atoms with Crippen molar-refractivity contribution in [2.24, 2.45) is 5.73 Å². The highest BCUT2D eigenvalue weighted by atomic mass is 16.6. The van der Waals surface area contributed by atoms with Crippen molar-refractivity contribution < 1.29 is 24.2 Å². The van der Waals surface area contributed by atoms with Gasteiger partial charge in [-0.2, -0.15) is 5.10 Å². The maximum absolute atomic E-state index is 11.5. The molecule has 0 aromatic carbocycles. The van der Waals surface area contributed by atoms with Crippen LogP contribution >= 0.6 is 0 Å². The van der Waals surface area contributed by atoms with Crippen molar-refractivity contribution in [3.63, 3.8) is 0 Å². The van der Waals surface area contributed by atoms with Gasteiger partial charge in [-0.3, -0.25) is 5.10 Å². The molecule has 1 rings (SSSR count). The van der Waals surface area contributed by atoms with Crippen molar-refractivity contribution in [3.05, 3.63) is 17.5 Å². The van der Waals surface area contributed by atoms with Gasteiger partial charge in [-0.15, -0.1) is 0 Å². The predicted molar refractivity (Wildman–Crippen MR) is 103 cm³/mol. The first-order chi connectivity index (χ1) is 12.4. The summed E-state index contributed by atoms with van der Waals surface area (Å²) in [5, 5.41) is 19.1. The number of nitrogens with zero attached hydrogens (tertiary/aromatic N) is 1. The van der Waals surface area contributed by atoms with Gasteiger partial charge in [-0.1, -0.05) is 0 Å². The van der Waals surface area contributed by atoms with Gasteiger partial charge in [-0.25, -0.2) is 9.59 Å². The number of aliphatic hydroxyl groups is 1. The first-order valence-corrected chi connectivity index (χ1v) is 8.44. The maximum atomic E-state index is 11.5. The van der Waals surface area contributed by atoms with Crippen LogP contribution in [0.25, 0.3) is 0 Å². The molecule has 6 N–H and O–H groups in total. The monoisotopic (exact) mass is 389 g/mol. The van der Waals surface area contributed by atoms with E-state index in [-0.39, 0.29) is 13.1 Å². The van der Waals surface area contributed by atoms with Gasteiger partial charge >= 0.3 is 12.2 Å². The Hall–Kier alpha value is -2.33. The Kier molecular flexibility index (Phi) is 12.9. The molecule has 10 nitrogen and oxygen atoms in total. The third-order valence-corrected chi connectivity index (χ3v) is 2.32. The summed E-state index contributed by atoms with van der Waals surface area (Å²) in [6.07, 6.45) is -1.01. The van der Waals surface area contributed by atoms with Gasteiger partial charge < -0.3 is 30.9 Å². The van der Waals surface area contributed by atoms with Crippen LogP contribution in [-0.4, -0.2) is 52.8 Å². The molecule has 0 saturated carbocycles. The molecule has 0 atom stereocenters. The molecule has 0 aliphatic carbocycles. The molecule has 1 aromatic heterocycles. The van der Waals surface area contributed by atoms with Crippen LogP contribution in [-0.2, 0) is 22.6 Å². The van der Waals surface area contributed by atoms with Gasteiger partial charge in [0.05, 0.1) is 24.5 Å². The van der Waals surface area contributed by atoms with Crippen LogP contribution in [0, 0.1) is 0 Å². The first kappa shape index (κ1) is 26.9. The number of aromatic amines is 1. The zero-order valence-electron chi connectivity index (χ0n) is 17.6. The summed E-state index contributed by atoms with van der Waals surface area (Å²) < 4.78 is 10.3. The summed E-state index contributed by atoms with van der Waals surface area (Å²) in [6.45, 7) is 11.3. The molecular weight excluding hydrogens is 354 g/mol. The first-order valence-electron chi connectivity index (χ1n) is 8.44. The minimum Gasteiger partial charge on any atom is -0.444 e. The van der Waals surface area contributed by atoms with E-state index in [1.165, 1.54) is 7.05 Å². The minimum absolute atomic E-state index is 0.234. The largest absolute Gasteiger partial charge is 0.444 e. The number of aromatic nitrogens is 2. The fourth-order valence-electron chi connectivity index (χ4n) is 1.55. The number of nitrogens with one attached hydrogen (secondary N) is 3. The molecule has 2 amide bonds. The van der Waals surface area contributed by atoms with Crippen LogP contribution < -0.4 is 16.4 Å². The highest BCUT2D eigenvalue weighted by Crippen LogP contribution is 2.08. The summed E-state index contributed by atoms with van der Waals surface area (Å²) >= 11 is 0. The Bertz CT molecular complexity index is 500. The molecule has 1 aromatic rings. The second-order valence-corrected chi connectivity index (χ2v) is 7.10. The van der Waals surface area contributed by atoms with Crippen molar-refractivity contribution in [1.29, 1.82) is 0 Å². The average Bonchev–Trinajstić information content (AvgIpc) is 3.00. The highest BCUT2D eigenvalue weighted by molar-refractivity contribution is 5.68. The van der Waals surface area contributed by atoms with Crippen LogP contribution in [0.1, 0.15) is 52.9 Å². The van der Waals surface area contributed by atoms with E-state index < -0.39 is 23.4 Å². The van der Waals surface area contributed by atoms with E-state index in [2.05, 4.69) is 26.6 Å². The van der Waals surface area contributed by atoms with Gasteiger partial charge in [0.15, 0.2) is 0 Å². The molecule has 0 unspecified atom stereocenters. The molecule has 0 bridgehead atoms. The number of hydrogen-bond acceptors (Lipinski definition) is 7. The maximum Gasteiger partial charge on any atom is 0.407 e. The number of ether oxygens (including phenoxy) is 2. The standard InChI is InChI=1S/C15H26N4O4.CH5N.CH4O/c1-14(2,3)22-12(20)16-8-10-7-11(19-18-10)9-17-13(21)23-15(4,5)6;2*1-2/h7H,8-9H2,1-6H3,(H,16,20)(H,17,21)(H,18,19);2H2,1H3;2H,1H3. The number of H-pyrrole nitrogens is 1. The van der Waals surface area contributed by atoms with E-state index in [0.717, 1.165) is 7.11 Å². The molecule has 27 heavy (non-hydrogen) atoms. The number of alkyl carbamates (subject to hydrolysis) is 2. The third-order valence-electron chi connectivity index (χ3n) is 2.32. The molecule has 158 valence electrons.